The Balaban J connectivity index is 0.00000341. The van der Waals surface area contributed by atoms with Crippen molar-refractivity contribution < 1.29 is 4.74 Å². The van der Waals surface area contributed by atoms with Crippen molar-refractivity contribution in [2.24, 2.45) is 10.7 Å². The fourth-order valence-electron chi connectivity index (χ4n) is 4.06. The highest BCUT2D eigenvalue weighted by Gasteiger charge is 2.16. The van der Waals surface area contributed by atoms with E-state index in [1.54, 1.807) is 0 Å². The summed E-state index contributed by atoms with van der Waals surface area (Å²) in [7, 11) is 0. The number of benzene rings is 1. The highest BCUT2D eigenvalue weighted by Crippen LogP contribution is 2.09. The van der Waals surface area contributed by atoms with E-state index in [2.05, 4.69) is 55.3 Å². The molecule has 2 aliphatic heterocycles. The molecule has 0 unspecified atom stereocenters. The molecule has 7 nitrogen and oxygen atoms in total. The van der Waals surface area contributed by atoms with Crippen molar-refractivity contribution in [2.45, 2.75) is 25.8 Å². The highest BCUT2D eigenvalue weighted by molar-refractivity contribution is 14.0. The number of ether oxygens (including phenoxy) is 1. The third-order valence-electron chi connectivity index (χ3n) is 5.94. The second-order valence-electron chi connectivity index (χ2n) is 8.31. The van der Waals surface area contributed by atoms with Gasteiger partial charge in [-0.3, -0.25) is 14.8 Å². The largest absolute Gasteiger partial charge is 0.379 e. The summed E-state index contributed by atoms with van der Waals surface area (Å²) in [5.74, 6) is 0.589. The molecule has 0 atom stereocenters. The summed E-state index contributed by atoms with van der Waals surface area (Å²) in [4.78, 5) is 12.0. The Morgan fingerprint density at radius 3 is 2.26 bits per heavy atom. The molecule has 1 aromatic carbocycles. The predicted octanol–water partition coefficient (Wildman–Crippen LogP) is 1.83. The molecule has 31 heavy (non-hydrogen) atoms. The van der Waals surface area contributed by atoms with E-state index in [1.165, 1.54) is 31.6 Å². The molecule has 0 saturated carbocycles. The van der Waals surface area contributed by atoms with E-state index in [0.717, 1.165) is 78.4 Å². The molecule has 1 aromatic rings. The van der Waals surface area contributed by atoms with Gasteiger partial charge in [0.2, 0.25) is 0 Å². The first kappa shape index (κ1) is 26.3. The van der Waals surface area contributed by atoms with Crippen LogP contribution in [0.4, 0.5) is 0 Å². The second-order valence-corrected chi connectivity index (χ2v) is 8.31. The zero-order chi connectivity index (χ0) is 20.9. The van der Waals surface area contributed by atoms with Crippen LogP contribution < -0.4 is 11.1 Å². The Labute approximate surface area is 205 Å². The zero-order valence-electron chi connectivity index (χ0n) is 18.9. The van der Waals surface area contributed by atoms with Gasteiger partial charge >= 0.3 is 0 Å². The smallest absolute Gasteiger partial charge is 0.188 e. The zero-order valence-corrected chi connectivity index (χ0v) is 21.2. The SMILES string of the molecule is I.NC(=NCCCN1CCOCC1)NCCCCN1CCN(Cc2ccccc2)CC1. The minimum Gasteiger partial charge on any atom is -0.379 e. The van der Waals surface area contributed by atoms with Crippen molar-refractivity contribution >= 4 is 29.9 Å². The number of guanidine groups is 1. The van der Waals surface area contributed by atoms with Gasteiger partial charge < -0.3 is 20.7 Å². The molecule has 3 N–H and O–H groups in total. The van der Waals surface area contributed by atoms with Crippen LogP contribution in [0.15, 0.2) is 35.3 Å². The van der Waals surface area contributed by atoms with Crippen LogP contribution in [0.3, 0.4) is 0 Å². The first-order valence-corrected chi connectivity index (χ1v) is 11.6. The lowest BCUT2D eigenvalue weighted by Crippen LogP contribution is -2.46. The van der Waals surface area contributed by atoms with E-state index in [0.29, 0.717) is 5.96 Å². The van der Waals surface area contributed by atoms with Crippen molar-refractivity contribution in [3.63, 3.8) is 0 Å². The number of nitrogens with zero attached hydrogens (tertiary/aromatic N) is 4. The molecule has 176 valence electrons. The quantitative estimate of drug-likeness (QED) is 0.192. The summed E-state index contributed by atoms with van der Waals surface area (Å²) in [5, 5.41) is 3.26. The van der Waals surface area contributed by atoms with Gasteiger partial charge in [0.15, 0.2) is 5.96 Å². The highest BCUT2D eigenvalue weighted by atomic mass is 127. The molecule has 2 heterocycles. The van der Waals surface area contributed by atoms with Crippen molar-refractivity contribution in [1.29, 1.82) is 0 Å². The van der Waals surface area contributed by atoms with Crippen LogP contribution in [-0.4, -0.2) is 99.3 Å². The van der Waals surface area contributed by atoms with Gasteiger partial charge in [-0.2, -0.15) is 0 Å². The van der Waals surface area contributed by atoms with Crippen molar-refractivity contribution in [3.05, 3.63) is 35.9 Å². The van der Waals surface area contributed by atoms with E-state index in [9.17, 15) is 0 Å². The van der Waals surface area contributed by atoms with Gasteiger partial charge in [0.05, 0.1) is 13.2 Å². The molecule has 0 amide bonds. The summed E-state index contributed by atoms with van der Waals surface area (Å²) in [5.41, 5.74) is 7.40. The van der Waals surface area contributed by atoms with Crippen molar-refractivity contribution in [2.75, 3.05) is 78.7 Å². The van der Waals surface area contributed by atoms with Crippen LogP contribution in [0.25, 0.3) is 0 Å². The van der Waals surface area contributed by atoms with E-state index in [1.807, 2.05) is 0 Å². The molecule has 0 aliphatic carbocycles. The van der Waals surface area contributed by atoms with E-state index < -0.39 is 0 Å². The summed E-state index contributed by atoms with van der Waals surface area (Å²) in [6.45, 7) is 13.5. The number of aliphatic imine (C=N–C) groups is 1. The molecule has 0 bridgehead atoms. The van der Waals surface area contributed by atoms with Crippen LogP contribution in [-0.2, 0) is 11.3 Å². The maximum Gasteiger partial charge on any atom is 0.188 e. The number of nitrogens with one attached hydrogen (secondary N) is 1. The van der Waals surface area contributed by atoms with Gasteiger partial charge in [-0.25, -0.2) is 0 Å². The Hall–Kier alpha value is -0.940. The molecule has 2 fully saturated rings. The number of rotatable bonds is 11. The van der Waals surface area contributed by atoms with Gasteiger partial charge in [-0.05, 0) is 31.4 Å². The molecule has 0 aromatic heterocycles. The summed E-state index contributed by atoms with van der Waals surface area (Å²) < 4.78 is 5.37. The first-order valence-electron chi connectivity index (χ1n) is 11.6. The average molecular weight is 545 g/mol. The van der Waals surface area contributed by atoms with Gasteiger partial charge in [-0.15, -0.1) is 24.0 Å². The molecular formula is C23H41IN6O. The number of nitrogens with two attached hydrogens (primary N) is 1. The maximum absolute atomic E-state index is 5.99. The van der Waals surface area contributed by atoms with Gasteiger partial charge in [0.1, 0.15) is 0 Å². The van der Waals surface area contributed by atoms with Gasteiger partial charge in [0, 0.05) is 65.4 Å². The van der Waals surface area contributed by atoms with Crippen LogP contribution in [0.5, 0.6) is 0 Å². The standard InChI is InChI=1S/C23H40N6O.HI/c24-23(26-10-6-12-28-17-19-30-20-18-28)25-9-4-5-11-27-13-15-29(16-14-27)21-22-7-2-1-3-8-22;/h1-3,7-8H,4-6,9-21H2,(H3,24,25,26);1H. The number of halogens is 1. The summed E-state index contributed by atoms with van der Waals surface area (Å²) in [6.07, 6.45) is 3.39. The summed E-state index contributed by atoms with van der Waals surface area (Å²) in [6, 6.07) is 10.8. The molecular weight excluding hydrogens is 503 g/mol. The Bertz CT molecular complexity index is 603. The normalized spacial score (nSPS) is 19.2. The van der Waals surface area contributed by atoms with E-state index in [4.69, 9.17) is 10.5 Å². The van der Waals surface area contributed by atoms with Crippen LogP contribution in [0, 0.1) is 0 Å². The third kappa shape index (κ3) is 11.0. The second kappa shape index (κ2) is 15.8. The fourth-order valence-corrected chi connectivity index (χ4v) is 4.06. The Morgan fingerprint density at radius 1 is 0.871 bits per heavy atom. The van der Waals surface area contributed by atoms with E-state index in [-0.39, 0.29) is 24.0 Å². The number of hydrogen-bond acceptors (Lipinski definition) is 5. The lowest BCUT2D eigenvalue weighted by atomic mass is 10.2. The molecule has 3 rings (SSSR count). The lowest BCUT2D eigenvalue weighted by molar-refractivity contribution is 0.0377. The number of piperazine rings is 1. The maximum atomic E-state index is 5.99. The molecule has 2 saturated heterocycles. The Morgan fingerprint density at radius 2 is 1.52 bits per heavy atom. The van der Waals surface area contributed by atoms with E-state index >= 15 is 0 Å². The minimum absolute atomic E-state index is 0. The topological polar surface area (TPSA) is 69.4 Å². The van der Waals surface area contributed by atoms with Crippen LogP contribution in [0.1, 0.15) is 24.8 Å². The van der Waals surface area contributed by atoms with Crippen molar-refractivity contribution in [1.82, 2.24) is 20.0 Å². The third-order valence-corrected chi connectivity index (χ3v) is 5.94. The number of hydrogen-bond donors (Lipinski definition) is 2. The van der Waals surface area contributed by atoms with Gasteiger partial charge in [-0.1, -0.05) is 30.3 Å². The molecule has 8 heteroatoms. The monoisotopic (exact) mass is 544 g/mol. The molecule has 2 aliphatic rings. The predicted molar refractivity (Wildman–Crippen MR) is 139 cm³/mol. The van der Waals surface area contributed by atoms with Gasteiger partial charge in [0.25, 0.3) is 0 Å². The fraction of sp³-hybridized carbons (Fsp3) is 0.696. The minimum atomic E-state index is 0. The molecule has 0 radical (unpaired) electrons. The summed E-state index contributed by atoms with van der Waals surface area (Å²) >= 11 is 0. The first-order chi connectivity index (χ1) is 14.8. The number of morpholine rings is 1. The van der Waals surface area contributed by atoms with Crippen LogP contribution in [0.2, 0.25) is 0 Å². The van der Waals surface area contributed by atoms with Crippen LogP contribution >= 0.6 is 24.0 Å². The average Bonchev–Trinajstić information content (AvgIpc) is 2.79. The number of unbranched alkanes of at least 4 members (excludes halogenated alkanes) is 1. The molecule has 0 spiro atoms. The lowest BCUT2D eigenvalue weighted by Gasteiger charge is -2.34. The van der Waals surface area contributed by atoms with Crippen molar-refractivity contribution in [3.8, 4) is 0 Å². The Kier molecular flexibility index (Phi) is 13.4.